The highest BCUT2D eigenvalue weighted by Crippen LogP contribution is 2.10. The first-order valence-electron chi connectivity index (χ1n) is 4.34. The summed E-state index contributed by atoms with van der Waals surface area (Å²) in [5.41, 5.74) is 0.575. The van der Waals surface area contributed by atoms with Crippen LogP contribution in [0.25, 0.3) is 0 Å². The predicted molar refractivity (Wildman–Crippen MR) is 60.0 cm³/mol. The third-order valence-electron chi connectivity index (χ3n) is 1.25. The van der Waals surface area contributed by atoms with Gasteiger partial charge in [0.05, 0.1) is 0 Å². The van der Waals surface area contributed by atoms with Crippen molar-refractivity contribution in [2.24, 2.45) is 0 Å². The van der Waals surface area contributed by atoms with E-state index in [4.69, 9.17) is 4.74 Å². The minimum absolute atomic E-state index is 0.0880. The van der Waals surface area contributed by atoms with E-state index >= 15 is 0 Å². The molecule has 15 heavy (non-hydrogen) atoms. The second kappa shape index (κ2) is 5.65. The molecule has 1 amide bonds. The smallest absolute Gasteiger partial charge is 0.416 e. The van der Waals surface area contributed by atoms with Crippen molar-refractivity contribution >= 4 is 23.4 Å². The Kier molecular flexibility index (Phi) is 5.21. The average molecular weight is 234 g/mol. The maximum absolute atomic E-state index is 12.1. The molecular formula is C9H15FN2O2S. The maximum Gasteiger partial charge on any atom is 0.416 e. The highest BCUT2D eigenvalue weighted by Gasteiger charge is 2.24. The number of rotatable bonds is 2. The Morgan fingerprint density at radius 3 is 2.53 bits per heavy atom. The third-order valence-corrected chi connectivity index (χ3v) is 1.55. The van der Waals surface area contributed by atoms with E-state index in [0.717, 1.165) is 4.90 Å². The maximum atomic E-state index is 12.1. The molecule has 86 valence electrons. The summed E-state index contributed by atoms with van der Waals surface area (Å²) in [7, 11) is 0. The molecule has 0 heterocycles. The molecule has 0 bridgehead atoms. The SMILES string of the molecule is C=CCN(C(=O)OC(C)(C)C)C(=S)NF. The van der Waals surface area contributed by atoms with Crippen molar-refractivity contribution in [3.05, 3.63) is 12.7 Å². The van der Waals surface area contributed by atoms with E-state index in [1.54, 1.807) is 20.8 Å². The lowest BCUT2D eigenvalue weighted by Crippen LogP contribution is -2.43. The van der Waals surface area contributed by atoms with Gasteiger partial charge in [0.25, 0.3) is 0 Å². The second-order valence-corrected chi connectivity index (χ2v) is 4.17. The Hall–Kier alpha value is -1.17. The fraction of sp³-hybridized carbons (Fsp3) is 0.556. The zero-order chi connectivity index (χ0) is 12.1. The van der Waals surface area contributed by atoms with Crippen LogP contribution in [-0.4, -0.2) is 28.3 Å². The number of nitrogens with one attached hydrogen (secondary N) is 1. The Bertz CT molecular complexity index is 263. The third kappa shape index (κ3) is 5.31. The average Bonchev–Trinajstić information content (AvgIpc) is 2.10. The summed E-state index contributed by atoms with van der Waals surface area (Å²) in [6.45, 7) is 8.66. The number of thiocarbonyl (C=S) groups is 1. The summed E-state index contributed by atoms with van der Waals surface area (Å²) < 4.78 is 17.1. The van der Waals surface area contributed by atoms with Crippen LogP contribution < -0.4 is 5.54 Å². The molecule has 0 atom stereocenters. The van der Waals surface area contributed by atoms with E-state index in [1.807, 2.05) is 0 Å². The van der Waals surface area contributed by atoms with Crippen molar-refractivity contribution in [1.82, 2.24) is 10.4 Å². The van der Waals surface area contributed by atoms with E-state index in [1.165, 1.54) is 11.6 Å². The normalized spacial score (nSPS) is 10.4. The summed E-state index contributed by atoms with van der Waals surface area (Å²) in [4.78, 5) is 12.4. The zero-order valence-electron chi connectivity index (χ0n) is 9.04. The van der Waals surface area contributed by atoms with E-state index in [2.05, 4.69) is 18.8 Å². The summed E-state index contributed by atoms with van der Waals surface area (Å²) in [5, 5.41) is -0.343. The molecule has 6 heteroatoms. The first-order valence-corrected chi connectivity index (χ1v) is 4.74. The standard InChI is InChI=1S/C9H15FN2O2S/c1-5-6-12(7(15)11-10)8(13)14-9(2,3)4/h5H,1,6H2,2-4H3,(H,11,15). The van der Waals surface area contributed by atoms with Crippen LogP contribution in [-0.2, 0) is 4.74 Å². The first kappa shape index (κ1) is 13.8. The lowest BCUT2D eigenvalue weighted by atomic mass is 10.2. The van der Waals surface area contributed by atoms with Gasteiger partial charge in [-0.15, -0.1) is 11.1 Å². The molecule has 0 spiro atoms. The highest BCUT2D eigenvalue weighted by atomic mass is 32.1. The van der Waals surface area contributed by atoms with Gasteiger partial charge in [-0.05, 0) is 33.0 Å². The van der Waals surface area contributed by atoms with Crippen LogP contribution in [0, 0.1) is 0 Å². The number of carbonyl (C=O) groups excluding carboxylic acids is 1. The van der Waals surface area contributed by atoms with Gasteiger partial charge in [-0.2, -0.15) is 5.54 Å². The molecule has 4 nitrogen and oxygen atoms in total. The van der Waals surface area contributed by atoms with Gasteiger partial charge in [-0.3, -0.25) is 0 Å². The minimum atomic E-state index is -0.711. The van der Waals surface area contributed by atoms with Gasteiger partial charge in [0.15, 0.2) is 0 Å². The number of ether oxygens (including phenoxy) is 1. The molecule has 0 rings (SSSR count). The van der Waals surface area contributed by atoms with E-state index in [-0.39, 0.29) is 11.7 Å². The number of nitrogens with zero attached hydrogens (tertiary/aromatic N) is 1. The number of hydrogen-bond acceptors (Lipinski definition) is 3. The molecule has 0 saturated carbocycles. The summed E-state index contributed by atoms with van der Waals surface area (Å²) in [6.07, 6.45) is 0.714. The van der Waals surface area contributed by atoms with E-state index < -0.39 is 11.7 Å². The number of hydrogen-bond donors (Lipinski definition) is 1. The van der Waals surface area contributed by atoms with Crippen LogP contribution in [0.5, 0.6) is 0 Å². The van der Waals surface area contributed by atoms with E-state index in [0.29, 0.717) is 0 Å². The number of halogens is 1. The Labute approximate surface area is 94.0 Å². The van der Waals surface area contributed by atoms with Gasteiger partial charge >= 0.3 is 6.09 Å². The molecule has 0 saturated heterocycles. The number of carbonyl (C=O) groups is 1. The van der Waals surface area contributed by atoms with Crippen LogP contribution in [0.3, 0.4) is 0 Å². The molecule has 0 aliphatic carbocycles. The van der Waals surface area contributed by atoms with Gasteiger partial charge in [-0.25, -0.2) is 9.69 Å². The second-order valence-electron chi connectivity index (χ2n) is 3.78. The van der Waals surface area contributed by atoms with Crippen LogP contribution in [0.15, 0.2) is 12.7 Å². The summed E-state index contributed by atoms with van der Waals surface area (Å²) in [6, 6.07) is 0. The fourth-order valence-electron chi connectivity index (χ4n) is 0.737. The van der Waals surface area contributed by atoms with Gasteiger partial charge in [0, 0.05) is 6.54 Å². The van der Waals surface area contributed by atoms with Crippen molar-refractivity contribution in [2.45, 2.75) is 26.4 Å². The summed E-state index contributed by atoms with van der Waals surface area (Å²) >= 11 is 4.60. The van der Waals surface area contributed by atoms with Crippen LogP contribution >= 0.6 is 12.2 Å². The van der Waals surface area contributed by atoms with Crippen molar-refractivity contribution in [3.8, 4) is 0 Å². The van der Waals surface area contributed by atoms with Crippen molar-refractivity contribution in [3.63, 3.8) is 0 Å². The van der Waals surface area contributed by atoms with Gasteiger partial charge in [0.2, 0.25) is 5.11 Å². The minimum Gasteiger partial charge on any atom is -0.443 e. The molecule has 0 radical (unpaired) electrons. The fourth-order valence-corrected chi connectivity index (χ4v) is 0.887. The monoisotopic (exact) mass is 234 g/mol. The quantitative estimate of drug-likeness (QED) is 0.451. The number of amides is 1. The highest BCUT2D eigenvalue weighted by molar-refractivity contribution is 7.80. The molecular weight excluding hydrogens is 219 g/mol. The van der Waals surface area contributed by atoms with Crippen LogP contribution in [0.4, 0.5) is 9.28 Å². The van der Waals surface area contributed by atoms with Crippen molar-refractivity contribution < 1.29 is 14.0 Å². The molecule has 0 unspecified atom stereocenters. The largest absolute Gasteiger partial charge is 0.443 e. The molecule has 0 fully saturated rings. The lowest BCUT2D eigenvalue weighted by Gasteiger charge is -2.25. The molecule has 0 aromatic heterocycles. The Morgan fingerprint density at radius 2 is 2.20 bits per heavy atom. The van der Waals surface area contributed by atoms with Crippen LogP contribution in [0.1, 0.15) is 20.8 Å². The van der Waals surface area contributed by atoms with Gasteiger partial charge in [0.1, 0.15) is 5.60 Å². The zero-order valence-corrected chi connectivity index (χ0v) is 9.86. The Morgan fingerprint density at radius 1 is 1.67 bits per heavy atom. The molecule has 0 aliphatic rings. The van der Waals surface area contributed by atoms with Crippen molar-refractivity contribution in [2.75, 3.05) is 6.54 Å². The molecule has 1 N–H and O–H groups in total. The Balaban J connectivity index is 4.56. The molecule has 0 aliphatic heterocycles. The molecule has 0 aromatic carbocycles. The lowest BCUT2D eigenvalue weighted by molar-refractivity contribution is 0.0377. The molecule has 0 aromatic rings. The topological polar surface area (TPSA) is 41.6 Å². The van der Waals surface area contributed by atoms with Crippen LogP contribution in [0.2, 0.25) is 0 Å². The van der Waals surface area contributed by atoms with Crippen molar-refractivity contribution in [1.29, 1.82) is 0 Å². The van der Waals surface area contributed by atoms with Gasteiger partial charge < -0.3 is 4.74 Å². The van der Waals surface area contributed by atoms with Gasteiger partial charge in [-0.1, -0.05) is 6.08 Å². The van der Waals surface area contributed by atoms with E-state index in [9.17, 15) is 9.28 Å². The predicted octanol–water partition coefficient (Wildman–Crippen LogP) is 2.17. The summed E-state index contributed by atoms with van der Waals surface area (Å²) in [5.74, 6) is 0. The first-order chi connectivity index (χ1) is 6.81.